The number of rotatable bonds is 3. The Bertz CT molecular complexity index is 557. The highest BCUT2D eigenvalue weighted by Gasteiger charge is 2.36. The molecule has 1 unspecified atom stereocenters. The molecule has 100 valence electrons. The first-order valence-corrected chi connectivity index (χ1v) is 7.57. The molecule has 1 N–H and O–H groups in total. The maximum Gasteiger partial charge on any atom is 0.247 e. The predicted molar refractivity (Wildman–Crippen MR) is 68.8 cm³/mol. The molecular weight excluding hydrogens is 252 g/mol. The van der Waals surface area contributed by atoms with E-state index in [1.807, 2.05) is 13.8 Å². The number of pyridine rings is 1. The zero-order chi connectivity index (χ0) is 13.3. The Hall–Kier alpha value is -1.14. The fourth-order valence-electron chi connectivity index (χ4n) is 2.42. The van der Waals surface area contributed by atoms with Crippen molar-refractivity contribution in [3.05, 3.63) is 28.7 Å². The standard InChI is InChI=1S/C12H18N2O3S/c1-9(2)11-4-3-7-14(11)18(16,17)10-5-6-12(15)13-8-10/h5-6,8-9,11H,3-4,7H2,1-2H3,(H,13,15). The van der Waals surface area contributed by atoms with Crippen LogP contribution in [0.4, 0.5) is 0 Å². The average molecular weight is 270 g/mol. The van der Waals surface area contributed by atoms with E-state index in [4.69, 9.17) is 0 Å². The third kappa shape index (κ3) is 2.35. The monoisotopic (exact) mass is 270 g/mol. The number of aromatic amines is 1. The Labute approximate surface area is 107 Å². The van der Waals surface area contributed by atoms with E-state index in [1.54, 1.807) is 4.31 Å². The minimum atomic E-state index is -3.49. The predicted octanol–water partition coefficient (Wildman–Crippen LogP) is 1.18. The van der Waals surface area contributed by atoms with Gasteiger partial charge in [-0.2, -0.15) is 4.31 Å². The summed E-state index contributed by atoms with van der Waals surface area (Å²) in [4.78, 5) is 13.6. The smallest absolute Gasteiger partial charge is 0.247 e. The van der Waals surface area contributed by atoms with E-state index in [9.17, 15) is 13.2 Å². The topological polar surface area (TPSA) is 70.2 Å². The van der Waals surface area contributed by atoms with Crippen LogP contribution in [-0.2, 0) is 10.0 Å². The summed E-state index contributed by atoms with van der Waals surface area (Å²) >= 11 is 0. The van der Waals surface area contributed by atoms with Crippen LogP contribution in [0.3, 0.4) is 0 Å². The SMILES string of the molecule is CC(C)C1CCCN1S(=O)(=O)c1ccc(=O)[nH]c1. The van der Waals surface area contributed by atoms with Crippen LogP contribution in [0.15, 0.2) is 28.0 Å². The second-order valence-electron chi connectivity index (χ2n) is 4.96. The molecular formula is C12H18N2O3S. The van der Waals surface area contributed by atoms with Crippen LogP contribution in [0, 0.1) is 5.92 Å². The molecule has 1 saturated heterocycles. The fraction of sp³-hybridized carbons (Fsp3) is 0.583. The molecule has 0 bridgehead atoms. The highest BCUT2D eigenvalue weighted by Crippen LogP contribution is 2.29. The van der Waals surface area contributed by atoms with Crippen molar-refractivity contribution >= 4 is 10.0 Å². The molecule has 6 heteroatoms. The Morgan fingerprint density at radius 1 is 1.39 bits per heavy atom. The minimum Gasteiger partial charge on any atom is -0.328 e. The van der Waals surface area contributed by atoms with Crippen molar-refractivity contribution in [1.29, 1.82) is 0 Å². The highest BCUT2D eigenvalue weighted by molar-refractivity contribution is 7.89. The molecule has 0 spiro atoms. The van der Waals surface area contributed by atoms with Crippen molar-refractivity contribution in [2.24, 2.45) is 5.92 Å². The van der Waals surface area contributed by atoms with Gasteiger partial charge in [0.15, 0.2) is 0 Å². The van der Waals surface area contributed by atoms with Gasteiger partial charge in [-0.1, -0.05) is 13.8 Å². The van der Waals surface area contributed by atoms with E-state index in [-0.39, 0.29) is 16.5 Å². The lowest BCUT2D eigenvalue weighted by Crippen LogP contribution is -2.38. The van der Waals surface area contributed by atoms with Crippen molar-refractivity contribution in [2.75, 3.05) is 6.54 Å². The molecule has 18 heavy (non-hydrogen) atoms. The Balaban J connectivity index is 2.36. The van der Waals surface area contributed by atoms with Gasteiger partial charge in [0.2, 0.25) is 15.6 Å². The summed E-state index contributed by atoms with van der Waals surface area (Å²) in [6.07, 6.45) is 3.07. The maximum atomic E-state index is 12.5. The van der Waals surface area contributed by atoms with Crippen molar-refractivity contribution in [1.82, 2.24) is 9.29 Å². The molecule has 1 aliphatic heterocycles. The Morgan fingerprint density at radius 3 is 2.67 bits per heavy atom. The second kappa shape index (κ2) is 4.85. The van der Waals surface area contributed by atoms with E-state index in [1.165, 1.54) is 18.3 Å². The number of hydrogen-bond donors (Lipinski definition) is 1. The number of hydrogen-bond acceptors (Lipinski definition) is 3. The molecule has 1 fully saturated rings. The molecule has 0 amide bonds. The molecule has 0 radical (unpaired) electrons. The first-order chi connectivity index (χ1) is 8.43. The summed E-state index contributed by atoms with van der Waals surface area (Å²) < 4.78 is 26.5. The minimum absolute atomic E-state index is 0.0573. The van der Waals surface area contributed by atoms with Gasteiger partial charge in [-0.3, -0.25) is 4.79 Å². The van der Waals surface area contributed by atoms with Crippen molar-refractivity contribution in [2.45, 2.75) is 37.6 Å². The number of nitrogens with one attached hydrogen (secondary N) is 1. The first-order valence-electron chi connectivity index (χ1n) is 6.13. The zero-order valence-electron chi connectivity index (χ0n) is 10.6. The van der Waals surface area contributed by atoms with Crippen LogP contribution < -0.4 is 5.56 Å². The lowest BCUT2D eigenvalue weighted by atomic mass is 10.0. The third-order valence-corrected chi connectivity index (χ3v) is 5.30. The summed E-state index contributed by atoms with van der Waals surface area (Å²) in [6, 6.07) is 2.67. The summed E-state index contributed by atoms with van der Waals surface area (Å²) in [7, 11) is -3.49. The van der Waals surface area contributed by atoms with Gasteiger partial charge in [0.1, 0.15) is 0 Å². The molecule has 2 rings (SSSR count). The van der Waals surface area contributed by atoms with E-state index < -0.39 is 10.0 Å². The van der Waals surface area contributed by atoms with E-state index in [2.05, 4.69) is 4.98 Å². The van der Waals surface area contributed by atoms with Crippen molar-refractivity contribution < 1.29 is 8.42 Å². The van der Waals surface area contributed by atoms with Gasteiger partial charge >= 0.3 is 0 Å². The van der Waals surface area contributed by atoms with Gasteiger partial charge in [0, 0.05) is 24.8 Å². The van der Waals surface area contributed by atoms with Gasteiger partial charge in [-0.25, -0.2) is 8.42 Å². The van der Waals surface area contributed by atoms with Crippen LogP contribution in [-0.4, -0.2) is 30.3 Å². The second-order valence-corrected chi connectivity index (χ2v) is 6.85. The van der Waals surface area contributed by atoms with Crippen LogP contribution in [0.5, 0.6) is 0 Å². The number of sulfonamides is 1. The molecule has 5 nitrogen and oxygen atoms in total. The summed E-state index contributed by atoms with van der Waals surface area (Å²) in [6.45, 7) is 4.63. The number of H-pyrrole nitrogens is 1. The molecule has 1 aliphatic rings. The number of nitrogens with zero attached hydrogens (tertiary/aromatic N) is 1. The summed E-state index contributed by atoms with van der Waals surface area (Å²) in [5.74, 6) is 0.296. The van der Waals surface area contributed by atoms with Gasteiger partial charge < -0.3 is 4.98 Å². The maximum absolute atomic E-state index is 12.5. The molecule has 1 aromatic heterocycles. The largest absolute Gasteiger partial charge is 0.328 e. The summed E-state index contributed by atoms with van der Waals surface area (Å²) in [5.41, 5.74) is -0.296. The molecule has 1 aromatic rings. The molecule has 2 heterocycles. The number of aromatic nitrogens is 1. The zero-order valence-corrected chi connectivity index (χ0v) is 11.4. The average Bonchev–Trinajstić information content (AvgIpc) is 2.79. The van der Waals surface area contributed by atoms with E-state index in [0.29, 0.717) is 12.5 Å². The van der Waals surface area contributed by atoms with Crippen LogP contribution in [0.25, 0.3) is 0 Å². The quantitative estimate of drug-likeness (QED) is 0.896. The molecule has 0 saturated carbocycles. The highest BCUT2D eigenvalue weighted by atomic mass is 32.2. The normalized spacial score (nSPS) is 21.6. The Kier molecular flexibility index (Phi) is 3.59. The van der Waals surface area contributed by atoms with Gasteiger partial charge in [0.05, 0.1) is 4.90 Å². The van der Waals surface area contributed by atoms with Crippen molar-refractivity contribution in [3.8, 4) is 0 Å². The fourth-order valence-corrected chi connectivity index (χ4v) is 4.22. The lowest BCUT2D eigenvalue weighted by molar-refractivity contribution is 0.315. The van der Waals surface area contributed by atoms with Gasteiger partial charge in [-0.15, -0.1) is 0 Å². The molecule has 0 aromatic carbocycles. The van der Waals surface area contributed by atoms with E-state index in [0.717, 1.165) is 12.8 Å². The third-order valence-electron chi connectivity index (χ3n) is 3.38. The molecule has 0 aliphatic carbocycles. The van der Waals surface area contributed by atoms with Crippen LogP contribution in [0.1, 0.15) is 26.7 Å². The lowest BCUT2D eigenvalue weighted by Gasteiger charge is -2.26. The van der Waals surface area contributed by atoms with Gasteiger partial charge in [0.25, 0.3) is 0 Å². The van der Waals surface area contributed by atoms with Crippen molar-refractivity contribution in [3.63, 3.8) is 0 Å². The first kappa shape index (κ1) is 13.3. The molecule has 1 atom stereocenters. The van der Waals surface area contributed by atoms with Crippen LogP contribution >= 0.6 is 0 Å². The van der Waals surface area contributed by atoms with E-state index >= 15 is 0 Å². The summed E-state index contributed by atoms with van der Waals surface area (Å²) in [5, 5.41) is 0. The van der Waals surface area contributed by atoms with Crippen LogP contribution in [0.2, 0.25) is 0 Å². The Morgan fingerprint density at radius 2 is 2.11 bits per heavy atom. The van der Waals surface area contributed by atoms with Gasteiger partial charge in [-0.05, 0) is 24.8 Å².